The number of nitrogens with one attached hydrogen (secondary N) is 1. The van der Waals surface area contributed by atoms with Crippen LogP contribution >= 0.6 is 12.6 Å². The molecule has 0 spiro atoms. The van der Waals surface area contributed by atoms with Crippen LogP contribution in [0.3, 0.4) is 0 Å². The van der Waals surface area contributed by atoms with Crippen LogP contribution in [0.1, 0.15) is 91.5 Å². The lowest BCUT2D eigenvalue weighted by Gasteiger charge is -2.26. The van der Waals surface area contributed by atoms with Gasteiger partial charge in [-0.3, -0.25) is 4.79 Å². The highest BCUT2D eigenvalue weighted by Gasteiger charge is 2.21. The fourth-order valence-corrected chi connectivity index (χ4v) is 4.95. The van der Waals surface area contributed by atoms with Gasteiger partial charge in [0.15, 0.2) is 0 Å². The van der Waals surface area contributed by atoms with Crippen LogP contribution in [0, 0.1) is 0 Å². The van der Waals surface area contributed by atoms with Gasteiger partial charge in [-0.25, -0.2) is 8.51 Å². The second-order valence-corrected chi connectivity index (χ2v) is 10.6. The van der Waals surface area contributed by atoms with Crippen molar-refractivity contribution in [1.29, 1.82) is 0 Å². The van der Waals surface area contributed by atoms with E-state index in [-0.39, 0.29) is 11.9 Å². The first kappa shape index (κ1) is 35.6. The van der Waals surface area contributed by atoms with Crippen molar-refractivity contribution in [3.05, 3.63) is 29.8 Å². The van der Waals surface area contributed by atoms with E-state index in [2.05, 4.69) is 31.8 Å². The Kier molecular flexibility index (Phi) is 22.9. The first-order valence-corrected chi connectivity index (χ1v) is 15.8. The number of carbonyl (C=O) groups is 1. The van der Waals surface area contributed by atoms with Gasteiger partial charge in [0.1, 0.15) is 16.7 Å². The average molecular weight is 557 g/mol. The van der Waals surface area contributed by atoms with Crippen LogP contribution in [0.4, 0.5) is 0 Å². The van der Waals surface area contributed by atoms with Crippen molar-refractivity contribution in [3.8, 4) is 5.75 Å². The summed E-state index contributed by atoms with van der Waals surface area (Å²) in [5.41, 5.74) is 0.827. The molecule has 1 aromatic rings. The zero-order valence-electron chi connectivity index (χ0n) is 24.1. The van der Waals surface area contributed by atoms with Crippen LogP contribution in [-0.2, 0) is 20.5 Å². The molecule has 37 heavy (non-hydrogen) atoms. The van der Waals surface area contributed by atoms with Crippen LogP contribution in [0.25, 0.3) is 6.08 Å². The number of morpholine rings is 1. The molecular formula is C29H52N2O4S2. The lowest BCUT2D eigenvalue weighted by molar-refractivity contribution is -0.117. The molecule has 1 saturated carbocycles. The number of hydrogen-bond acceptors (Lipinski definition) is 5. The summed E-state index contributed by atoms with van der Waals surface area (Å²) in [5, 5.41) is 3.11. The smallest absolute Gasteiger partial charge is 0.244 e. The van der Waals surface area contributed by atoms with Crippen molar-refractivity contribution in [2.45, 2.75) is 96.9 Å². The molecule has 1 N–H and O–H groups in total. The van der Waals surface area contributed by atoms with Crippen molar-refractivity contribution in [2.75, 3.05) is 39.2 Å². The molecule has 1 amide bonds. The molecule has 1 aliphatic carbocycles. The molecule has 0 radical (unpaired) electrons. The van der Waals surface area contributed by atoms with Gasteiger partial charge < -0.3 is 14.8 Å². The Bertz CT molecular complexity index is 758. The van der Waals surface area contributed by atoms with Crippen LogP contribution in [-0.4, -0.2) is 59.6 Å². The minimum Gasteiger partial charge on any atom is -0.495 e. The predicted octanol–water partition coefficient (Wildman–Crippen LogP) is 6.67. The van der Waals surface area contributed by atoms with Crippen LogP contribution < -0.4 is 10.1 Å². The summed E-state index contributed by atoms with van der Waals surface area (Å²) in [4.78, 5) is 12.9. The van der Waals surface area contributed by atoms with E-state index < -0.39 is 11.0 Å². The largest absolute Gasteiger partial charge is 0.495 e. The number of nitrogens with zero attached hydrogens (tertiary/aromatic N) is 1. The molecule has 1 saturated heterocycles. The zero-order valence-corrected chi connectivity index (χ0v) is 25.8. The Labute approximate surface area is 235 Å². The van der Waals surface area contributed by atoms with E-state index in [9.17, 15) is 9.00 Å². The zero-order chi connectivity index (χ0) is 27.9. The maximum absolute atomic E-state index is 13.0. The molecule has 1 atom stereocenters. The van der Waals surface area contributed by atoms with Gasteiger partial charge in [-0.05, 0) is 42.4 Å². The van der Waals surface area contributed by atoms with Crippen molar-refractivity contribution in [3.63, 3.8) is 0 Å². The van der Waals surface area contributed by atoms with E-state index >= 15 is 0 Å². The van der Waals surface area contributed by atoms with Gasteiger partial charge in [0.2, 0.25) is 5.91 Å². The Balaban J connectivity index is 0.00000126. The lowest BCUT2D eigenvalue weighted by atomic mass is 10.1. The third-order valence-electron chi connectivity index (χ3n) is 5.71. The van der Waals surface area contributed by atoms with Crippen LogP contribution in [0.2, 0.25) is 0 Å². The topological polar surface area (TPSA) is 67.9 Å². The van der Waals surface area contributed by atoms with Crippen molar-refractivity contribution < 1.29 is 18.5 Å². The first-order chi connectivity index (χ1) is 18.0. The summed E-state index contributed by atoms with van der Waals surface area (Å²) >= 11 is 3.79. The number of benzene rings is 1. The average Bonchev–Trinajstić information content (AvgIpc) is 3.22. The van der Waals surface area contributed by atoms with E-state index in [0.717, 1.165) is 24.2 Å². The normalized spacial score (nSPS) is 17.1. The molecule has 0 aromatic heterocycles. The third kappa shape index (κ3) is 15.6. The first-order valence-electron chi connectivity index (χ1n) is 14.0. The van der Waals surface area contributed by atoms with Gasteiger partial charge in [-0.15, -0.1) is 0 Å². The van der Waals surface area contributed by atoms with Crippen molar-refractivity contribution >= 4 is 35.6 Å². The molecule has 0 bridgehead atoms. The summed E-state index contributed by atoms with van der Waals surface area (Å²) in [6.45, 7) is 12.8. The summed E-state index contributed by atoms with van der Waals surface area (Å²) in [6, 6.07) is 5.78. The Morgan fingerprint density at radius 3 is 2.19 bits per heavy atom. The number of rotatable bonds is 7. The highest BCUT2D eigenvalue weighted by molar-refractivity contribution is 7.82. The number of hydrogen-bond donors (Lipinski definition) is 2. The maximum atomic E-state index is 13.0. The van der Waals surface area contributed by atoms with E-state index in [4.69, 9.17) is 9.47 Å². The number of ether oxygens (including phenoxy) is 2. The Morgan fingerprint density at radius 2 is 1.68 bits per heavy atom. The minimum atomic E-state index is -1.32. The summed E-state index contributed by atoms with van der Waals surface area (Å²) in [6.07, 6.45) is 13.0. The maximum Gasteiger partial charge on any atom is 0.244 e. The fraction of sp³-hybridized carbons (Fsp3) is 0.690. The fourth-order valence-electron chi connectivity index (χ4n) is 3.63. The summed E-state index contributed by atoms with van der Waals surface area (Å²) in [5.74, 6) is 1.46. The second-order valence-electron chi connectivity index (χ2n) is 8.55. The molecule has 8 heteroatoms. The van der Waals surface area contributed by atoms with Gasteiger partial charge >= 0.3 is 0 Å². The molecule has 2 aliphatic rings. The molecule has 1 aromatic carbocycles. The molecular weight excluding hydrogens is 504 g/mol. The van der Waals surface area contributed by atoms with E-state index in [1.165, 1.54) is 38.5 Å². The van der Waals surface area contributed by atoms with E-state index in [1.807, 2.05) is 37.2 Å². The Hall–Kier alpha value is -1.35. The summed E-state index contributed by atoms with van der Waals surface area (Å²) in [7, 11) is 0.255. The molecule has 1 aliphatic heterocycles. The van der Waals surface area contributed by atoms with E-state index in [0.29, 0.717) is 36.9 Å². The van der Waals surface area contributed by atoms with Crippen molar-refractivity contribution in [2.24, 2.45) is 0 Å². The standard InChI is InChI=1S/C21H30N2O4S.C4H10.C2H6S.C2H6/c1-26-19-10-8-17(16-20(19)28(25)23-12-14-27-15-13-23)9-11-21(24)22-18-6-4-2-3-5-7-18;1-3-4-2;1-2-3;1-2/h8-11,16,18H,2-7,12-15H2,1H3,(H,22,24);3-4H2,1-2H3;3H,2H2,1H3;1-2H3/b11-9+;;;. The van der Waals surface area contributed by atoms with Gasteiger partial charge in [-0.2, -0.15) is 12.6 Å². The second kappa shape index (κ2) is 23.7. The summed E-state index contributed by atoms with van der Waals surface area (Å²) < 4.78 is 25.6. The highest BCUT2D eigenvalue weighted by atomic mass is 32.2. The molecule has 3 rings (SSSR count). The molecule has 6 nitrogen and oxygen atoms in total. The molecule has 214 valence electrons. The molecule has 1 unspecified atom stereocenters. The number of thiol groups is 1. The molecule has 2 fully saturated rings. The number of unbranched alkanes of at least 4 members (excludes halogenated alkanes) is 1. The van der Waals surface area contributed by atoms with Gasteiger partial charge in [0.05, 0.1) is 25.2 Å². The SMILES string of the molecule is CC.CCCC.CCS.COc1ccc(/C=C/C(=O)NC2CCCCCC2)cc1S(=O)N1CCOCC1. The van der Waals surface area contributed by atoms with Crippen LogP contribution in [0.15, 0.2) is 29.2 Å². The molecule has 1 heterocycles. The third-order valence-corrected chi connectivity index (χ3v) is 7.24. The monoisotopic (exact) mass is 556 g/mol. The van der Waals surface area contributed by atoms with E-state index in [1.54, 1.807) is 25.3 Å². The van der Waals surface area contributed by atoms with Gasteiger partial charge in [0.25, 0.3) is 0 Å². The van der Waals surface area contributed by atoms with Crippen LogP contribution in [0.5, 0.6) is 5.75 Å². The minimum absolute atomic E-state index is 0.0708. The quantitative estimate of drug-likeness (QED) is 0.224. The predicted molar refractivity (Wildman–Crippen MR) is 162 cm³/mol. The highest BCUT2D eigenvalue weighted by Crippen LogP contribution is 2.26. The number of methoxy groups -OCH3 is 1. The van der Waals surface area contributed by atoms with Gasteiger partial charge in [0, 0.05) is 25.2 Å². The lowest BCUT2D eigenvalue weighted by Crippen LogP contribution is -2.37. The van der Waals surface area contributed by atoms with Crippen molar-refractivity contribution in [1.82, 2.24) is 9.62 Å². The van der Waals surface area contributed by atoms with Gasteiger partial charge in [-0.1, -0.05) is 79.2 Å². The number of amides is 1. The Morgan fingerprint density at radius 1 is 1.11 bits per heavy atom. The number of carbonyl (C=O) groups excluding carboxylic acids is 1.